The number of carbonyl (C=O) groups excluding carboxylic acids is 1. The zero-order valence-electron chi connectivity index (χ0n) is 23.7. The molecule has 0 bridgehead atoms. The standard InChI is InChI=1S/C30H46N2O6/c1-16(2)8-7-9-18(26(36)37)24-19-14-20(34)25-27(4)12-11-23(35)29(6,31)22(27)10-13-30(25,32)28(19,5)15-21(24)38-17(3)33/h7-9,19-23,25,34-35H,10-15,31-32H2,1-6H3,(H,36,37)/b9-7+,24-18-/t19-,20+,21-,22+,23+,25-,27-,28-,29+,30+/m0/s1. The van der Waals surface area contributed by atoms with E-state index in [1.165, 1.54) is 6.92 Å². The summed E-state index contributed by atoms with van der Waals surface area (Å²) in [6.07, 6.45) is 6.19. The van der Waals surface area contributed by atoms with E-state index in [4.69, 9.17) is 16.2 Å². The van der Waals surface area contributed by atoms with Gasteiger partial charge in [-0.2, -0.15) is 0 Å². The summed E-state index contributed by atoms with van der Waals surface area (Å²) in [5.74, 6) is -2.26. The van der Waals surface area contributed by atoms with Crippen molar-refractivity contribution < 1.29 is 29.6 Å². The largest absolute Gasteiger partial charge is 0.478 e. The van der Waals surface area contributed by atoms with Gasteiger partial charge in [0.05, 0.1) is 17.8 Å². The van der Waals surface area contributed by atoms with Crippen molar-refractivity contribution in [2.24, 2.45) is 40.1 Å². The van der Waals surface area contributed by atoms with Gasteiger partial charge in [0.1, 0.15) is 6.10 Å². The van der Waals surface area contributed by atoms with Crippen molar-refractivity contribution in [1.29, 1.82) is 0 Å². The molecular weight excluding hydrogens is 484 g/mol. The Balaban J connectivity index is 1.87. The van der Waals surface area contributed by atoms with Crippen LogP contribution < -0.4 is 11.5 Å². The van der Waals surface area contributed by atoms with Crippen LogP contribution in [0, 0.1) is 28.6 Å². The van der Waals surface area contributed by atoms with E-state index in [0.29, 0.717) is 44.1 Å². The molecular formula is C30H46N2O6. The number of carbonyl (C=O) groups is 2. The third-order valence-electron chi connectivity index (χ3n) is 10.9. The first kappa shape index (κ1) is 29.0. The number of fused-ring (bicyclic) bond motifs is 5. The average Bonchev–Trinajstić information content (AvgIpc) is 3.05. The number of allylic oxidation sites excluding steroid dienone is 3. The maximum Gasteiger partial charge on any atom is 0.335 e. The highest BCUT2D eigenvalue weighted by atomic mass is 16.5. The average molecular weight is 531 g/mol. The van der Waals surface area contributed by atoms with Crippen molar-refractivity contribution in [3.05, 3.63) is 34.9 Å². The summed E-state index contributed by atoms with van der Waals surface area (Å²) in [5, 5.41) is 32.9. The molecule has 212 valence electrons. The van der Waals surface area contributed by atoms with Crippen molar-refractivity contribution in [2.45, 2.75) is 109 Å². The predicted molar refractivity (Wildman–Crippen MR) is 145 cm³/mol. The number of nitrogens with two attached hydrogens (primary N) is 2. The van der Waals surface area contributed by atoms with Crippen molar-refractivity contribution in [1.82, 2.24) is 0 Å². The first-order chi connectivity index (χ1) is 17.5. The van der Waals surface area contributed by atoms with Gasteiger partial charge < -0.3 is 31.5 Å². The van der Waals surface area contributed by atoms with Gasteiger partial charge in [-0.15, -0.1) is 0 Å². The molecule has 4 rings (SSSR count). The second kappa shape index (κ2) is 9.58. The van der Waals surface area contributed by atoms with Crippen LogP contribution >= 0.6 is 0 Å². The van der Waals surface area contributed by atoms with E-state index in [9.17, 15) is 24.9 Å². The van der Waals surface area contributed by atoms with E-state index in [-0.39, 0.29) is 23.3 Å². The Bertz CT molecular complexity index is 1090. The van der Waals surface area contributed by atoms with Gasteiger partial charge in [-0.1, -0.05) is 31.6 Å². The maximum atomic E-state index is 12.6. The summed E-state index contributed by atoms with van der Waals surface area (Å²) in [6.45, 7) is 11.3. The summed E-state index contributed by atoms with van der Waals surface area (Å²) in [4.78, 5) is 24.7. The van der Waals surface area contributed by atoms with Crippen LogP contribution in [0.3, 0.4) is 0 Å². The summed E-state index contributed by atoms with van der Waals surface area (Å²) < 4.78 is 5.78. The SMILES string of the molecule is CC(=O)O[C@H]1C[C@@]2(C)[C@@H](C[C@@H](O)[C@H]3[C@@]4(C)CC[C@@H](O)[C@](C)(N)[C@@H]4CC[C@@]32N)/C1=C(\C=C\C=C(C)C)C(=O)O. The fourth-order valence-electron chi connectivity index (χ4n) is 9.22. The summed E-state index contributed by atoms with van der Waals surface area (Å²) in [5.41, 5.74) is 13.2. The minimum atomic E-state index is -1.10. The van der Waals surface area contributed by atoms with Crippen LogP contribution in [0.4, 0.5) is 0 Å². The number of aliphatic hydroxyl groups is 2. The molecule has 0 aromatic heterocycles. The van der Waals surface area contributed by atoms with Crippen LogP contribution in [0.1, 0.15) is 80.1 Å². The first-order valence-electron chi connectivity index (χ1n) is 13.9. The number of esters is 1. The second-order valence-corrected chi connectivity index (χ2v) is 13.4. The van der Waals surface area contributed by atoms with Gasteiger partial charge in [-0.3, -0.25) is 4.79 Å². The molecule has 4 aliphatic rings. The molecule has 0 radical (unpaired) electrons. The topological polar surface area (TPSA) is 156 Å². The van der Waals surface area contributed by atoms with Crippen LogP contribution in [-0.2, 0) is 14.3 Å². The lowest BCUT2D eigenvalue weighted by Gasteiger charge is -2.69. The lowest BCUT2D eigenvalue weighted by Crippen LogP contribution is -2.77. The number of hydrogen-bond donors (Lipinski definition) is 5. The van der Waals surface area contributed by atoms with Gasteiger partial charge in [0.25, 0.3) is 0 Å². The van der Waals surface area contributed by atoms with Crippen LogP contribution in [0.25, 0.3) is 0 Å². The number of aliphatic hydroxyl groups excluding tert-OH is 2. The molecule has 7 N–H and O–H groups in total. The lowest BCUT2D eigenvalue weighted by molar-refractivity contribution is -0.206. The molecule has 0 aromatic carbocycles. The molecule has 4 fully saturated rings. The molecule has 10 atom stereocenters. The quantitative estimate of drug-likeness (QED) is 0.211. The van der Waals surface area contributed by atoms with Gasteiger partial charge in [-0.25, -0.2) is 4.79 Å². The Kier molecular flexibility index (Phi) is 7.31. The van der Waals surface area contributed by atoms with Crippen LogP contribution in [-0.4, -0.2) is 56.6 Å². The molecule has 0 aromatic rings. The van der Waals surface area contributed by atoms with Crippen LogP contribution in [0.15, 0.2) is 34.9 Å². The number of carboxylic acids is 1. The number of ether oxygens (including phenoxy) is 1. The molecule has 38 heavy (non-hydrogen) atoms. The molecule has 8 heteroatoms. The maximum absolute atomic E-state index is 12.6. The number of aliphatic carboxylic acids is 1. The van der Waals surface area contributed by atoms with Gasteiger partial charge in [0.2, 0.25) is 0 Å². The monoisotopic (exact) mass is 530 g/mol. The molecule has 4 saturated carbocycles. The molecule has 0 aliphatic heterocycles. The van der Waals surface area contributed by atoms with E-state index in [1.807, 2.05) is 26.8 Å². The number of rotatable bonds is 4. The zero-order chi connectivity index (χ0) is 28.4. The van der Waals surface area contributed by atoms with E-state index in [2.05, 4.69) is 13.8 Å². The Hall–Kier alpha value is -2.00. The minimum absolute atomic E-state index is 0.0162. The Morgan fingerprint density at radius 2 is 1.71 bits per heavy atom. The Labute approximate surface area is 226 Å². The highest BCUT2D eigenvalue weighted by Crippen LogP contribution is 2.70. The molecule has 0 heterocycles. The third kappa shape index (κ3) is 4.19. The highest BCUT2D eigenvalue weighted by Gasteiger charge is 2.72. The van der Waals surface area contributed by atoms with Gasteiger partial charge in [0.15, 0.2) is 0 Å². The lowest BCUT2D eigenvalue weighted by atomic mass is 9.38. The van der Waals surface area contributed by atoms with E-state index >= 15 is 0 Å². The number of hydrogen-bond acceptors (Lipinski definition) is 7. The number of carboxylic acid groups (broad SMARTS) is 1. The second-order valence-electron chi connectivity index (χ2n) is 13.4. The summed E-state index contributed by atoms with van der Waals surface area (Å²) in [7, 11) is 0. The smallest absolute Gasteiger partial charge is 0.335 e. The van der Waals surface area contributed by atoms with E-state index < -0.39 is 52.2 Å². The fourth-order valence-corrected chi connectivity index (χ4v) is 9.22. The highest BCUT2D eigenvalue weighted by molar-refractivity contribution is 5.91. The van der Waals surface area contributed by atoms with Crippen LogP contribution in [0.2, 0.25) is 0 Å². The molecule has 0 amide bonds. The molecule has 0 saturated heterocycles. The van der Waals surface area contributed by atoms with Crippen molar-refractivity contribution in [3.8, 4) is 0 Å². The van der Waals surface area contributed by atoms with Gasteiger partial charge in [-0.05, 0) is 93.6 Å². The van der Waals surface area contributed by atoms with Gasteiger partial charge in [0, 0.05) is 23.9 Å². The van der Waals surface area contributed by atoms with Crippen molar-refractivity contribution >= 4 is 11.9 Å². The van der Waals surface area contributed by atoms with Gasteiger partial charge >= 0.3 is 11.9 Å². The molecule has 4 aliphatic carbocycles. The predicted octanol–water partition coefficient (Wildman–Crippen LogP) is 3.21. The zero-order valence-corrected chi connectivity index (χ0v) is 23.7. The van der Waals surface area contributed by atoms with E-state index in [0.717, 1.165) is 5.57 Å². The Morgan fingerprint density at radius 3 is 2.29 bits per heavy atom. The summed E-state index contributed by atoms with van der Waals surface area (Å²) >= 11 is 0. The molecule has 0 unspecified atom stereocenters. The molecule has 8 nitrogen and oxygen atoms in total. The fraction of sp³-hybridized carbons (Fsp3) is 0.733. The third-order valence-corrected chi connectivity index (χ3v) is 10.9. The van der Waals surface area contributed by atoms with Crippen LogP contribution in [0.5, 0.6) is 0 Å². The van der Waals surface area contributed by atoms with Crippen molar-refractivity contribution in [3.63, 3.8) is 0 Å². The first-order valence-corrected chi connectivity index (χ1v) is 13.9. The summed E-state index contributed by atoms with van der Waals surface area (Å²) in [6, 6.07) is 0. The van der Waals surface area contributed by atoms with Crippen molar-refractivity contribution in [2.75, 3.05) is 0 Å². The van der Waals surface area contributed by atoms with E-state index in [1.54, 1.807) is 12.2 Å². The minimum Gasteiger partial charge on any atom is -0.478 e. The molecule has 0 spiro atoms. The normalized spacial score (nSPS) is 47.5. The Morgan fingerprint density at radius 1 is 1.05 bits per heavy atom.